The van der Waals surface area contributed by atoms with Crippen LogP contribution in [-0.4, -0.2) is 44.2 Å². The summed E-state index contributed by atoms with van der Waals surface area (Å²) in [5.41, 5.74) is 8.11. The van der Waals surface area contributed by atoms with Gasteiger partial charge in [-0.3, -0.25) is 14.0 Å². The van der Waals surface area contributed by atoms with Crippen LogP contribution in [0.25, 0.3) is 38.6 Å². The van der Waals surface area contributed by atoms with Gasteiger partial charge in [0.05, 0.1) is 21.0 Å². The van der Waals surface area contributed by atoms with Gasteiger partial charge < -0.3 is 4.74 Å². The van der Waals surface area contributed by atoms with Crippen molar-refractivity contribution in [3.05, 3.63) is 175 Å². The Morgan fingerprint density at radius 3 is 1.85 bits per heavy atom. The first-order valence-electron chi connectivity index (χ1n) is 18.1. The number of anilines is 1. The largest absolute Gasteiger partial charge is 0.443 e. The third-order valence-corrected chi connectivity index (χ3v) is 11.9. The molecule has 0 aliphatic carbocycles. The Morgan fingerprint density at radius 1 is 0.727 bits per heavy atom. The number of thioether (sulfide) groups is 1. The minimum atomic E-state index is -0.816. The molecule has 0 bridgehead atoms. The van der Waals surface area contributed by atoms with Gasteiger partial charge in [-0.25, -0.2) is 9.78 Å². The van der Waals surface area contributed by atoms with E-state index in [0.29, 0.717) is 0 Å². The van der Waals surface area contributed by atoms with Crippen molar-refractivity contribution < 1.29 is 9.53 Å². The molecule has 8 aromatic rings. The number of carbonyl (C=O) groups excluding carboxylic acids is 1. The lowest BCUT2D eigenvalue weighted by molar-refractivity contribution is 0.0589. The fraction of sp³-hybridized carbons (Fsp3) is 0.152. The molecule has 9 heteroatoms. The van der Waals surface area contributed by atoms with Crippen LogP contribution in [0.15, 0.2) is 162 Å². The van der Waals surface area contributed by atoms with E-state index < -0.39 is 17.2 Å². The highest BCUT2D eigenvalue weighted by Gasteiger charge is 2.40. The first kappa shape index (κ1) is 36.1. The number of hydrogen-bond donors (Lipinski definition) is 0. The van der Waals surface area contributed by atoms with Gasteiger partial charge in [0.15, 0.2) is 0 Å². The van der Waals surface area contributed by atoms with Gasteiger partial charge in [-0.2, -0.15) is 5.10 Å². The predicted octanol–water partition coefficient (Wildman–Crippen LogP) is 11.5. The van der Waals surface area contributed by atoms with E-state index in [0.717, 1.165) is 61.0 Å². The molecule has 274 valence electrons. The molecule has 0 spiro atoms. The lowest BCUT2D eigenvalue weighted by atomic mass is 9.77. The Bertz CT molecular complexity index is 2470. The molecule has 4 heterocycles. The summed E-state index contributed by atoms with van der Waals surface area (Å²) in [7, 11) is 1.73. The Hall–Kier alpha value is -5.90. The molecule has 4 aromatic heterocycles. The first-order chi connectivity index (χ1) is 26.7. The third kappa shape index (κ3) is 6.86. The number of carbonyl (C=O) groups is 1. The van der Waals surface area contributed by atoms with Crippen LogP contribution in [0.4, 0.5) is 10.5 Å². The average Bonchev–Trinajstić information content (AvgIpc) is 3.98. The summed E-state index contributed by atoms with van der Waals surface area (Å²) in [5.74, 6) is 0. The van der Waals surface area contributed by atoms with Crippen molar-refractivity contribution in [2.24, 2.45) is 0 Å². The molecule has 0 unspecified atom stereocenters. The topological polar surface area (TPSA) is 64.7 Å². The van der Waals surface area contributed by atoms with Crippen molar-refractivity contribution in [3.63, 3.8) is 0 Å². The van der Waals surface area contributed by atoms with Crippen molar-refractivity contribution in [1.29, 1.82) is 0 Å². The number of thiophene rings is 1. The summed E-state index contributed by atoms with van der Waals surface area (Å²) in [6.07, 6.45) is 7.98. The quantitative estimate of drug-likeness (QED) is 0.108. The van der Waals surface area contributed by atoms with E-state index in [-0.39, 0.29) is 0 Å². The summed E-state index contributed by atoms with van der Waals surface area (Å²) in [4.78, 5) is 20.4. The molecule has 0 radical (unpaired) electrons. The molecule has 0 saturated carbocycles. The van der Waals surface area contributed by atoms with Crippen LogP contribution < -0.4 is 4.90 Å². The Balaban J connectivity index is 1.36. The average molecular weight is 760 g/mol. The maximum absolute atomic E-state index is 13.0. The van der Waals surface area contributed by atoms with Crippen molar-refractivity contribution in [3.8, 4) is 33.0 Å². The molecule has 0 aliphatic rings. The van der Waals surface area contributed by atoms with E-state index in [1.165, 1.54) is 9.11 Å². The standard InChI is InChI=1S/C46H41N5O2S2/c1-45(2,3)53-44(52)49(4)37-24-21-32(22-25-37)43-38(33-23-27-41-47-29-39(50(41)30-33)40-26-28-42(54-5)55-40)31-51(48-43)46(34-15-9-6-10-16-34,35-17-11-7-12-18-35)36-19-13-8-14-20-36/h6-31H,1-5H3. The second-order valence-corrected chi connectivity index (χ2v) is 16.5. The van der Waals surface area contributed by atoms with Gasteiger partial charge in [-0.05, 0) is 80.1 Å². The summed E-state index contributed by atoms with van der Waals surface area (Å²) in [6.45, 7) is 5.60. The zero-order valence-electron chi connectivity index (χ0n) is 31.4. The number of pyridine rings is 1. The van der Waals surface area contributed by atoms with Gasteiger partial charge in [0, 0.05) is 41.8 Å². The summed E-state index contributed by atoms with van der Waals surface area (Å²) in [5, 5.41) is 5.57. The molecule has 0 atom stereocenters. The molecule has 8 rings (SSSR count). The van der Waals surface area contributed by atoms with E-state index in [1.54, 1.807) is 30.1 Å². The number of nitrogens with zero attached hydrogens (tertiary/aromatic N) is 5. The van der Waals surface area contributed by atoms with E-state index in [2.05, 4.69) is 125 Å². The van der Waals surface area contributed by atoms with Gasteiger partial charge in [0.2, 0.25) is 0 Å². The maximum Gasteiger partial charge on any atom is 0.414 e. The van der Waals surface area contributed by atoms with Crippen molar-refractivity contribution in [2.45, 2.75) is 36.1 Å². The molecule has 0 aliphatic heterocycles. The molecule has 0 N–H and O–H groups in total. The number of amides is 1. The van der Waals surface area contributed by atoms with Crippen LogP contribution in [0, 0.1) is 0 Å². The fourth-order valence-corrected chi connectivity index (χ4v) is 8.62. The van der Waals surface area contributed by atoms with Crippen LogP contribution in [0.2, 0.25) is 0 Å². The number of aromatic nitrogens is 4. The number of rotatable bonds is 9. The predicted molar refractivity (Wildman–Crippen MR) is 226 cm³/mol. The number of ether oxygens (including phenoxy) is 1. The number of imidazole rings is 1. The van der Waals surface area contributed by atoms with Gasteiger partial charge in [0.1, 0.15) is 22.5 Å². The molecule has 1 amide bonds. The molecule has 4 aromatic carbocycles. The van der Waals surface area contributed by atoms with Gasteiger partial charge in [-0.1, -0.05) is 103 Å². The summed E-state index contributed by atoms with van der Waals surface area (Å²) >= 11 is 3.51. The van der Waals surface area contributed by atoms with Crippen LogP contribution >= 0.6 is 23.1 Å². The van der Waals surface area contributed by atoms with E-state index in [1.807, 2.05) is 69.4 Å². The van der Waals surface area contributed by atoms with Crippen molar-refractivity contribution >= 4 is 40.5 Å². The zero-order chi connectivity index (χ0) is 38.2. The van der Waals surface area contributed by atoms with Crippen LogP contribution in [0.3, 0.4) is 0 Å². The Labute approximate surface area is 329 Å². The van der Waals surface area contributed by atoms with Gasteiger partial charge in [-0.15, -0.1) is 23.1 Å². The van der Waals surface area contributed by atoms with Gasteiger partial charge in [0.25, 0.3) is 0 Å². The maximum atomic E-state index is 13.0. The number of hydrogen-bond acceptors (Lipinski definition) is 6. The molecular formula is C46H41N5O2S2. The smallest absolute Gasteiger partial charge is 0.414 e. The van der Waals surface area contributed by atoms with Crippen molar-refractivity contribution in [2.75, 3.05) is 18.2 Å². The fourth-order valence-electron chi connectivity index (χ4n) is 7.07. The van der Waals surface area contributed by atoms with E-state index in [9.17, 15) is 4.79 Å². The van der Waals surface area contributed by atoms with Crippen LogP contribution in [-0.2, 0) is 10.3 Å². The molecule has 0 saturated heterocycles. The zero-order valence-corrected chi connectivity index (χ0v) is 33.0. The first-order valence-corrected chi connectivity index (χ1v) is 20.2. The summed E-state index contributed by atoms with van der Waals surface area (Å²) in [6, 6.07) is 48.2. The molecule has 7 nitrogen and oxygen atoms in total. The number of benzene rings is 4. The Morgan fingerprint density at radius 2 is 1.31 bits per heavy atom. The van der Waals surface area contributed by atoms with Crippen LogP contribution in [0.5, 0.6) is 0 Å². The molecule has 55 heavy (non-hydrogen) atoms. The lowest BCUT2D eigenvalue weighted by Crippen LogP contribution is -2.38. The van der Waals surface area contributed by atoms with Gasteiger partial charge >= 0.3 is 6.09 Å². The van der Waals surface area contributed by atoms with E-state index >= 15 is 0 Å². The SMILES string of the molecule is CSc1ccc(-c2cnc3ccc(-c4cn(C(c5ccccc5)(c5ccccc5)c5ccccc5)nc4-c4ccc(N(C)C(=O)OC(C)(C)C)cc4)cn23)s1. The second kappa shape index (κ2) is 14.7. The van der Waals surface area contributed by atoms with E-state index in [4.69, 9.17) is 14.8 Å². The van der Waals surface area contributed by atoms with Crippen molar-refractivity contribution in [1.82, 2.24) is 19.2 Å². The highest BCUT2D eigenvalue weighted by Crippen LogP contribution is 2.44. The highest BCUT2D eigenvalue weighted by molar-refractivity contribution is 8.00. The molecular weight excluding hydrogens is 719 g/mol. The second-order valence-electron chi connectivity index (χ2n) is 14.3. The lowest BCUT2D eigenvalue weighted by Gasteiger charge is -2.36. The minimum Gasteiger partial charge on any atom is -0.443 e. The monoisotopic (exact) mass is 759 g/mol. The number of fused-ring (bicyclic) bond motifs is 1. The summed E-state index contributed by atoms with van der Waals surface area (Å²) < 4.78 is 11.2. The Kier molecular flexibility index (Phi) is 9.67. The molecule has 0 fully saturated rings. The van der Waals surface area contributed by atoms with Crippen LogP contribution in [0.1, 0.15) is 37.5 Å². The highest BCUT2D eigenvalue weighted by atomic mass is 32.2. The third-order valence-electron chi connectivity index (χ3n) is 9.68. The minimum absolute atomic E-state index is 0.414. The normalized spacial score (nSPS) is 11.9.